The van der Waals surface area contributed by atoms with E-state index in [1.165, 1.54) is 6.92 Å². The van der Waals surface area contributed by atoms with Crippen LogP contribution in [-0.2, 0) is 28.7 Å². The maximum absolute atomic E-state index is 11.6. The van der Waals surface area contributed by atoms with Crippen molar-refractivity contribution in [3.8, 4) is 0 Å². The molecular formula is C13H19NO6. The lowest BCUT2D eigenvalue weighted by Gasteiger charge is -2.16. The average Bonchev–Trinajstić information content (AvgIpc) is 2.70. The summed E-state index contributed by atoms with van der Waals surface area (Å²) >= 11 is 0. The molecule has 1 atom stereocenters. The van der Waals surface area contributed by atoms with Crippen molar-refractivity contribution in [2.75, 3.05) is 13.2 Å². The summed E-state index contributed by atoms with van der Waals surface area (Å²) < 4.78 is 9.74. The second kappa shape index (κ2) is 7.62. The average molecular weight is 285 g/mol. The summed E-state index contributed by atoms with van der Waals surface area (Å²) in [6.07, 6.45) is 0.804. The smallest absolute Gasteiger partial charge is 0.347 e. The van der Waals surface area contributed by atoms with Crippen molar-refractivity contribution in [2.45, 2.75) is 45.6 Å². The minimum absolute atomic E-state index is 0.112. The molecule has 2 amide bonds. The lowest BCUT2D eigenvalue weighted by atomic mass is 10.3. The molecule has 1 saturated heterocycles. The van der Waals surface area contributed by atoms with Crippen LogP contribution in [0.1, 0.15) is 39.5 Å². The van der Waals surface area contributed by atoms with E-state index in [0.29, 0.717) is 0 Å². The highest BCUT2D eigenvalue weighted by molar-refractivity contribution is 6.04. The fraction of sp³-hybridized carbons (Fsp3) is 0.692. The number of unbranched alkanes of at least 4 members (excludes halogenated alkanes) is 1. The molecule has 0 N–H and O–H groups in total. The third-order valence-corrected chi connectivity index (χ3v) is 2.82. The van der Waals surface area contributed by atoms with Gasteiger partial charge in [-0.15, -0.1) is 0 Å². The van der Waals surface area contributed by atoms with E-state index in [1.54, 1.807) is 0 Å². The van der Waals surface area contributed by atoms with Crippen molar-refractivity contribution in [1.29, 1.82) is 0 Å². The van der Waals surface area contributed by atoms with E-state index in [2.05, 4.69) is 0 Å². The van der Waals surface area contributed by atoms with Gasteiger partial charge in [0.05, 0.1) is 6.61 Å². The molecule has 0 aromatic heterocycles. The Morgan fingerprint density at radius 1 is 1.25 bits per heavy atom. The number of amides is 2. The molecule has 0 aromatic rings. The maximum Gasteiger partial charge on any atom is 0.347 e. The van der Waals surface area contributed by atoms with Crippen LogP contribution in [0.25, 0.3) is 0 Å². The number of rotatable bonds is 7. The molecule has 1 aliphatic rings. The predicted molar refractivity (Wildman–Crippen MR) is 67.4 cm³/mol. The first-order valence-corrected chi connectivity index (χ1v) is 6.65. The minimum atomic E-state index is -1.05. The number of nitrogens with zero attached hydrogens (tertiary/aromatic N) is 1. The molecule has 1 aliphatic heterocycles. The van der Waals surface area contributed by atoms with Gasteiger partial charge in [-0.05, 0) is 13.3 Å². The molecular weight excluding hydrogens is 266 g/mol. The number of esters is 2. The van der Waals surface area contributed by atoms with E-state index < -0.39 is 36.4 Å². The van der Waals surface area contributed by atoms with Gasteiger partial charge in [0.2, 0.25) is 11.8 Å². The van der Waals surface area contributed by atoms with Crippen molar-refractivity contribution in [3.63, 3.8) is 0 Å². The van der Waals surface area contributed by atoms with Crippen LogP contribution in [0.15, 0.2) is 0 Å². The molecule has 0 saturated carbocycles. The molecule has 0 radical (unpaired) electrons. The molecule has 0 unspecified atom stereocenters. The molecule has 1 rings (SSSR count). The zero-order valence-corrected chi connectivity index (χ0v) is 11.7. The van der Waals surface area contributed by atoms with Gasteiger partial charge in [-0.3, -0.25) is 19.3 Å². The molecule has 20 heavy (non-hydrogen) atoms. The Kier molecular flexibility index (Phi) is 6.14. The van der Waals surface area contributed by atoms with Crippen molar-refractivity contribution < 1.29 is 28.7 Å². The molecule has 1 fully saturated rings. The first-order chi connectivity index (χ1) is 9.45. The molecule has 7 heteroatoms. The van der Waals surface area contributed by atoms with Crippen LogP contribution in [0.4, 0.5) is 0 Å². The third-order valence-electron chi connectivity index (χ3n) is 2.82. The first kappa shape index (κ1) is 16.1. The molecule has 0 bridgehead atoms. The number of imide groups is 1. The van der Waals surface area contributed by atoms with Crippen LogP contribution >= 0.6 is 0 Å². The molecule has 1 heterocycles. The number of carbonyl (C=O) groups is 4. The molecule has 0 spiro atoms. The standard InChI is InChI=1S/C13H19NO6/c1-3-4-7-19-13(18)9(2)20-12(17)8-14-10(15)5-6-11(14)16/h9H,3-8H2,1-2H3/t9-/m0/s1. The van der Waals surface area contributed by atoms with Crippen LogP contribution < -0.4 is 0 Å². The molecule has 7 nitrogen and oxygen atoms in total. The summed E-state index contributed by atoms with van der Waals surface area (Å²) in [6, 6.07) is 0. The zero-order chi connectivity index (χ0) is 15.1. The van der Waals surface area contributed by atoms with Gasteiger partial charge >= 0.3 is 11.9 Å². The van der Waals surface area contributed by atoms with Crippen molar-refractivity contribution in [2.24, 2.45) is 0 Å². The summed E-state index contributed by atoms with van der Waals surface area (Å²) in [4.78, 5) is 46.5. The van der Waals surface area contributed by atoms with Crippen molar-refractivity contribution in [3.05, 3.63) is 0 Å². The van der Waals surface area contributed by atoms with Gasteiger partial charge in [-0.25, -0.2) is 4.79 Å². The van der Waals surface area contributed by atoms with Crippen molar-refractivity contribution in [1.82, 2.24) is 4.90 Å². The summed E-state index contributed by atoms with van der Waals surface area (Å²) in [6.45, 7) is 3.17. The highest BCUT2D eigenvalue weighted by Gasteiger charge is 2.31. The Morgan fingerprint density at radius 3 is 2.40 bits per heavy atom. The van der Waals surface area contributed by atoms with Gasteiger partial charge < -0.3 is 9.47 Å². The van der Waals surface area contributed by atoms with E-state index in [1.807, 2.05) is 6.92 Å². The van der Waals surface area contributed by atoms with E-state index in [0.717, 1.165) is 17.7 Å². The van der Waals surface area contributed by atoms with Crippen molar-refractivity contribution >= 4 is 23.8 Å². The SMILES string of the molecule is CCCCOC(=O)[C@H](C)OC(=O)CN1C(=O)CCC1=O. The molecule has 0 aliphatic carbocycles. The highest BCUT2D eigenvalue weighted by atomic mass is 16.6. The predicted octanol–water partition coefficient (Wildman–Crippen LogP) is 0.410. The Balaban J connectivity index is 2.36. The van der Waals surface area contributed by atoms with E-state index in [4.69, 9.17) is 9.47 Å². The lowest BCUT2D eigenvalue weighted by molar-refractivity contribution is -0.168. The Labute approximate surface area is 117 Å². The van der Waals surface area contributed by atoms with E-state index in [9.17, 15) is 19.2 Å². The number of hydrogen-bond acceptors (Lipinski definition) is 6. The molecule has 112 valence electrons. The minimum Gasteiger partial charge on any atom is -0.463 e. The normalized spacial score (nSPS) is 16.2. The van der Waals surface area contributed by atoms with Gasteiger partial charge in [0.15, 0.2) is 6.10 Å². The van der Waals surface area contributed by atoms with Crippen LogP contribution in [0.5, 0.6) is 0 Å². The number of hydrogen-bond donors (Lipinski definition) is 0. The van der Waals surface area contributed by atoms with Crippen LogP contribution in [0, 0.1) is 0 Å². The van der Waals surface area contributed by atoms with E-state index >= 15 is 0 Å². The van der Waals surface area contributed by atoms with Crippen LogP contribution in [0.2, 0.25) is 0 Å². The lowest BCUT2D eigenvalue weighted by Crippen LogP contribution is -2.37. The van der Waals surface area contributed by atoms with Gasteiger partial charge in [0.1, 0.15) is 6.54 Å². The topological polar surface area (TPSA) is 90.0 Å². The summed E-state index contributed by atoms with van der Waals surface area (Å²) in [5, 5.41) is 0. The maximum atomic E-state index is 11.6. The largest absolute Gasteiger partial charge is 0.463 e. The van der Waals surface area contributed by atoms with Gasteiger partial charge in [0, 0.05) is 12.8 Å². The second-order valence-corrected chi connectivity index (χ2v) is 4.53. The Morgan fingerprint density at radius 2 is 1.85 bits per heavy atom. The Hall–Kier alpha value is -1.92. The third kappa shape index (κ3) is 4.64. The fourth-order valence-corrected chi connectivity index (χ4v) is 1.65. The van der Waals surface area contributed by atoms with Crippen LogP contribution in [-0.4, -0.2) is 47.9 Å². The Bertz CT molecular complexity index is 390. The van der Waals surface area contributed by atoms with Crippen LogP contribution in [0.3, 0.4) is 0 Å². The highest BCUT2D eigenvalue weighted by Crippen LogP contribution is 2.11. The molecule has 0 aromatic carbocycles. The number of ether oxygens (including phenoxy) is 2. The zero-order valence-electron chi connectivity index (χ0n) is 11.7. The monoisotopic (exact) mass is 285 g/mol. The summed E-state index contributed by atoms with van der Waals surface area (Å²) in [7, 11) is 0. The number of carbonyl (C=O) groups excluding carboxylic acids is 4. The van der Waals surface area contributed by atoms with Gasteiger partial charge in [-0.1, -0.05) is 13.3 Å². The second-order valence-electron chi connectivity index (χ2n) is 4.53. The fourth-order valence-electron chi connectivity index (χ4n) is 1.65. The summed E-state index contributed by atoms with van der Waals surface area (Å²) in [5.41, 5.74) is 0. The quantitative estimate of drug-likeness (QED) is 0.382. The van der Waals surface area contributed by atoms with Gasteiger partial charge in [0.25, 0.3) is 0 Å². The summed E-state index contributed by atoms with van der Waals surface area (Å²) in [5.74, 6) is -2.23. The van der Waals surface area contributed by atoms with Gasteiger partial charge in [-0.2, -0.15) is 0 Å². The van der Waals surface area contributed by atoms with E-state index in [-0.39, 0.29) is 19.4 Å². The number of likely N-dealkylation sites (tertiary alicyclic amines) is 1. The first-order valence-electron chi connectivity index (χ1n) is 6.65.